The third kappa shape index (κ3) is 7.49. The highest BCUT2D eigenvalue weighted by atomic mass is 32.2. The van der Waals surface area contributed by atoms with Gasteiger partial charge in [-0.1, -0.05) is 75.1 Å². The van der Waals surface area contributed by atoms with Crippen molar-refractivity contribution < 1.29 is 22.4 Å². The Kier molecular flexibility index (Phi) is 9.10. The zero-order valence-electron chi connectivity index (χ0n) is 21.2. The van der Waals surface area contributed by atoms with Gasteiger partial charge in [-0.2, -0.15) is 0 Å². The normalized spacial score (nSPS) is 16.4. The molecule has 2 aromatic carbocycles. The summed E-state index contributed by atoms with van der Waals surface area (Å²) in [4.78, 5) is 31.1. The van der Waals surface area contributed by atoms with Gasteiger partial charge >= 0.3 is 0 Å². The van der Waals surface area contributed by atoms with Gasteiger partial charge in [0, 0.05) is 6.04 Å². The third-order valence-corrected chi connectivity index (χ3v) is 8.34. The number of para-hydroxylation sites is 2. The van der Waals surface area contributed by atoms with Gasteiger partial charge in [0.05, 0.1) is 17.5 Å². The summed E-state index contributed by atoms with van der Waals surface area (Å²) >= 11 is 0. The van der Waals surface area contributed by atoms with Crippen LogP contribution in [0.4, 0.5) is 0 Å². The van der Waals surface area contributed by atoms with Gasteiger partial charge in [-0.25, -0.2) is 13.4 Å². The van der Waals surface area contributed by atoms with Crippen molar-refractivity contribution in [2.24, 2.45) is 0 Å². The lowest BCUT2D eigenvalue weighted by atomic mass is 9.95. The van der Waals surface area contributed by atoms with Crippen LogP contribution >= 0.6 is 0 Å². The molecule has 1 aliphatic carbocycles. The van der Waals surface area contributed by atoms with E-state index in [1.54, 1.807) is 42.5 Å². The third-order valence-electron chi connectivity index (χ3n) is 6.72. The van der Waals surface area contributed by atoms with Crippen molar-refractivity contribution in [2.45, 2.75) is 75.7 Å². The van der Waals surface area contributed by atoms with Gasteiger partial charge in [-0.3, -0.25) is 9.59 Å². The van der Waals surface area contributed by atoms with E-state index in [-0.39, 0.29) is 23.4 Å². The highest BCUT2D eigenvalue weighted by Crippen LogP contribution is 2.20. The number of Topliss-reactive ketones (excluding diaryl/α,β-unsaturated/α-hetero) is 1. The molecule has 1 heterocycles. The van der Waals surface area contributed by atoms with Crippen molar-refractivity contribution in [3.63, 3.8) is 0 Å². The van der Waals surface area contributed by atoms with Crippen LogP contribution in [0.5, 0.6) is 0 Å². The summed E-state index contributed by atoms with van der Waals surface area (Å²) in [6.45, 7) is 1.92. The number of hydrogen-bond acceptors (Lipinski definition) is 7. The maximum atomic E-state index is 13.5. The van der Waals surface area contributed by atoms with Gasteiger partial charge in [0.2, 0.25) is 11.7 Å². The maximum Gasteiger partial charge on any atom is 0.266 e. The van der Waals surface area contributed by atoms with E-state index in [2.05, 4.69) is 15.6 Å². The number of carbonyl (C=O) groups excluding carboxylic acids is 2. The summed E-state index contributed by atoms with van der Waals surface area (Å²) < 4.78 is 31.9. The molecule has 37 heavy (non-hydrogen) atoms. The van der Waals surface area contributed by atoms with Gasteiger partial charge in [0.1, 0.15) is 11.6 Å². The first-order valence-electron chi connectivity index (χ1n) is 13.0. The number of aromatic nitrogens is 1. The largest absolute Gasteiger partial charge is 0.434 e. The number of amides is 1. The molecule has 0 spiro atoms. The number of ketones is 1. The number of oxazole rings is 1. The average Bonchev–Trinajstić information content (AvgIpc) is 3.33. The first kappa shape index (κ1) is 27.0. The number of sulfone groups is 1. The summed E-state index contributed by atoms with van der Waals surface area (Å²) in [6.07, 6.45) is 6.03. The molecular formula is C28H35N3O5S. The van der Waals surface area contributed by atoms with Crippen molar-refractivity contribution >= 4 is 32.6 Å². The minimum absolute atomic E-state index is 0.0616. The van der Waals surface area contributed by atoms with Crippen LogP contribution in [0.25, 0.3) is 11.1 Å². The molecule has 1 amide bonds. The predicted molar refractivity (Wildman–Crippen MR) is 143 cm³/mol. The van der Waals surface area contributed by atoms with Crippen molar-refractivity contribution in [3.8, 4) is 0 Å². The van der Waals surface area contributed by atoms with Crippen molar-refractivity contribution in [1.29, 1.82) is 0 Å². The van der Waals surface area contributed by atoms with E-state index in [4.69, 9.17) is 4.42 Å². The van der Waals surface area contributed by atoms with Crippen LogP contribution in [-0.4, -0.2) is 49.0 Å². The maximum absolute atomic E-state index is 13.5. The second-order valence-electron chi connectivity index (χ2n) is 9.80. The quantitative estimate of drug-likeness (QED) is 0.340. The molecular weight excluding hydrogens is 490 g/mol. The molecule has 1 fully saturated rings. The first-order chi connectivity index (χ1) is 17.8. The van der Waals surface area contributed by atoms with E-state index < -0.39 is 33.6 Å². The lowest BCUT2D eigenvalue weighted by Gasteiger charge is -2.29. The zero-order chi connectivity index (χ0) is 26.3. The lowest BCUT2D eigenvalue weighted by Crippen LogP contribution is -2.55. The lowest BCUT2D eigenvalue weighted by molar-refractivity contribution is -0.123. The number of fused-ring (bicyclic) bond motifs is 1. The molecule has 0 bridgehead atoms. The van der Waals surface area contributed by atoms with Crippen LogP contribution in [-0.2, 0) is 20.4 Å². The first-order valence-corrected chi connectivity index (χ1v) is 14.9. The molecule has 1 saturated carbocycles. The standard InChI is InChI=1S/C28H35N3O5S/c1-2-11-23(26(32)28-31-22-16-9-10-17-25(22)36-28)30-27(33)24(29-21-14-7-4-8-15-21)19-37(34,35)18-20-12-5-3-6-13-20/h3,5-6,9-10,12-13,16-17,21,23-24,29H,2,4,7-8,11,14-15,18-19H2,1H3,(H,30,33)/t23-,24?/m0/s1. The van der Waals surface area contributed by atoms with Gasteiger partial charge in [0.15, 0.2) is 15.4 Å². The predicted octanol–water partition coefficient (Wildman–Crippen LogP) is 4.20. The Morgan fingerprint density at radius 2 is 1.70 bits per heavy atom. The van der Waals surface area contributed by atoms with Crippen molar-refractivity contribution in [3.05, 3.63) is 66.1 Å². The Morgan fingerprint density at radius 1 is 1.00 bits per heavy atom. The smallest absolute Gasteiger partial charge is 0.266 e. The minimum atomic E-state index is -3.61. The number of hydrogen-bond donors (Lipinski definition) is 2. The molecule has 2 atom stereocenters. The van der Waals surface area contributed by atoms with E-state index in [0.29, 0.717) is 29.5 Å². The fraction of sp³-hybridized carbons (Fsp3) is 0.464. The van der Waals surface area contributed by atoms with Crippen molar-refractivity contribution in [2.75, 3.05) is 5.75 Å². The van der Waals surface area contributed by atoms with E-state index in [9.17, 15) is 18.0 Å². The Bertz CT molecular complexity index is 1270. The fourth-order valence-corrected chi connectivity index (χ4v) is 6.42. The SMILES string of the molecule is CCC[C@H](NC(=O)C(CS(=O)(=O)Cc1ccccc1)NC1CCCCC1)C(=O)c1nc2ccccc2o1. The van der Waals surface area contributed by atoms with Crippen molar-refractivity contribution in [1.82, 2.24) is 15.6 Å². The van der Waals surface area contributed by atoms with E-state index >= 15 is 0 Å². The average molecular weight is 526 g/mol. The van der Waals surface area contributed by atoms with E-state index in [0.717, 1.165) is 32.1 Å². The van der Waals surface area contributed by atoms with Crippen LogP contribution in [0.1, 0.15) is 68.1 Å². The summed E-state index contributed by atoms with van der Waals surface area (Å²) in [5, 5.41) is 6.12. The summed E-state index contributed by atoms with van der Waals surface area (Å²) in [5.41, 5.74) is 1.74. The van der Waals surface area contributed by atoms with Gasteiger partial charge < -0.3 is 15.1 Å². The Balaban J connectivity index is 1.51. The summed E-state index contributed by atoms with van der Waals surface area (Å²) in [5.74, 6) is -1.47. The number of carbonyl (C=O) groups is 2. The molecule has 4 rings (SSSR count). The monoisotopic (exact) mass is 525 g/mol. The summed E-state index contributed by atoms with van der Waals surface area (Å²) in [6, 6.07) is 14.3. The van der Waals surface area contributed by atoms with Gasteiger partial charge in [-0.15, -0.1) is 0 Å². The van der Waals surface area contributed by atoms with Crippen LogP contribution in [0.3, 0.4) is 0 Å². The number of rotatable bonds is 12. The molecule has 0 radical (unpaired) electrons. The molecule has 0 aliphatic heterocycles. The summed E-state index contributed by atoms with van der Waals surface area (Å²) in [7, 11) is -3.61. The zero-order valence-corrected chi connectivity index (χ0v) is 22.0. The highest BCUT2D eigenvalue weighted by molar-refractivity contribution is 7.90. The van der Waals surface area contributed by atoms with Crippen LogP contribution in [0.2, 0.25) is 0 Å². The van der Waals surface area contributed by atoms with Crippen LogP contribution < -0.4 is 10.6 Å². The fourth-order valence-electron chi connectivity index (χ4n) is 4.85. The minimum Gasteiger partial charge on any atom is -0.434 e. The van der Waals surface area contributed by atoms with E-state index in [1.165, 1.54) is 0 Å². The Morgan fingerprint density at radius 3 is 2.41 bits per heavy atom. The van der Waals surface area contributed by atoms with Crippen LogP contribution in [0.15, 0.2) is 59.0 Å². The Hall–Kier alpha value is -3.04. The van der Waals surface area contributed by atoms with Gasteiger partial charge in [-0.05, 0) is 37.0 Å². The Labute approximate surface area is 218 Å². The number of nitrogens with zero attached hydrogens (tertiary/aromatic N) is 1. The molecule has 2 N–H and O–H groups in total. The molecule has 1 aromatic heterocycles. The topological polar surface area (TPSA) is 118 Å². The molecule has 1 unspecified atom stereocenters. The number of benzene rings is 2. The van der Waals surface area contributed by atoms with Gasteiger partial charge in [0.25, 0.3) is 5.89 Å². The second-order valence-corrected chi connectivity index (χ2v) is 11.9. The molecule has 0 saturated heterocycles. The number of nitrogens with one attached hydrogen (secondary N) is 2. The molecule has 8 nitrogen and oxygen atoms in total. The highest BCUT2D eigenvalue weighted by Gasteiger charge is 2.32. The van der Waals surface area contributed by atoms with Crippen LogP contribution in [0, 0.1) is 0 Å². The molecule has 198 valence electrons. The second kappa shape index (κ2) is 12.5. The molecule has 1 aliphatic rings. The molecule has 3 aromatic rings. The molecule has 9 heteroatoms. The van der Waals surface area contributed by atoms with E-state index in [1.807, 2.05) is 19.1 Å².